The van der Waals surface area contributed by atoms with Crippen molar-refractivity contribution in [1.29, 1.82) is 0 Å². The first-order valence-electron chi connectivity index (χ1n) is 9.16. The first kappa shape index (κ1) is 14.8. The van der Waals surface area contributed by atoms with Crippen LogP contribution in [-0.2, 0) is 0 Å². The Hall–Kier alpha value is -0.0800. The van der Waals surface area contributed by atoms with Crippen molar-refractivity contribution in [2.45, 2.75) is 83.7 Å². The number of nitrogens with one attached hydrogen (secondary N) is 1. The minimum absolute atomic E-state index is 0.596. The lowest BCUT2D eigenvalue weighted by molar-refractivity contribution is 0.0816. The molecule has 0 spiro atoms. The van der Waals surface area contributed by atoms with E-state index in [1.54, 1.807) is 0 Å². The molecule has 0 aromatic heterocycles. The molecule has 2 saturated carbocycles. The zero-order chi connectivity index (χ0) is 14.0. The number of hydrogen-bond donors (Lipinski definition) is 1. The quantitative estimate of drug-likeness (QED) is 0.795. The van der Waals surface area contributed by atoms with E-state index in [2.05, 4.69) is 24.1 Å². The number of nitrogens with zero attached hydrogens (tertiary/aromatic N) is 1. The van der Waals surface area contributed by atoms with Crippen molar-refractivity contribution in [3.8, 4) is 0 Å². The van der Waals surface area contributed by atoms with Crippen LogP contribution in [0.3, 0.4) is 0 Å². The first-order chi connectivity index (χ1) is 9.69. The highest BCUT2D eigenvalue weighted by Crippen LogP contribution is 2.39. The molecule has 1 unspecified atom stereocenters. The van der Waals surface area contributed by atoms with Crippen LogP contribution in [0.2, 0.25) is 0 Å². The van der Waals surface area contributed by atoms with Crippen LogP contribution >= 0.6 is 0 Å². The van der Waals surface area contributed by atoms with Crippen LogP contribution in [0.25, 0.3) is 0 Å². The number of rotatable bonds is 6. The number of hydrogen-bond acceptors (Lipinski definition) is 2. The highest BCUT2D eigenvalue weighted by Gasteiger charge is 2.38. The molecular weight excluding hydrogens is 244 g/mol. The Morgan fingerprint density at radius 2 is 1.80 bits per heavy atom. The summed E-state index contributed by atoms with van der Waals surface area (Å²) in [5.41, 5.74) is 0.596. The Morgan fingerprint density at radius 1 is 1.05 bits per heavy atom. The van der Waals surface area contributed by atoms with E-state index < -0.39 is 0 Å². The Labute approximate surface area is 125 Å². The van der Waals surface area contributed by atoms with Gasteiger partial charge in [0.25, 0.3) is 0 Å². The Balaban J connectivity index is 1.62. The lowest BCUT2D eigenvalue weighted by Gasteiger charge is -2.43. The molecule has 2 heteroatoms. The molecule has 3 aliphatic rings. The summed E-state index contributed by atoms with van der Waals surface area (Å²) in [6, 6.07) is 1.73. The summed E-state index contributed by atoms with van der Waals surface area (Å²) in [4.78, 5) is 2.85. The van der Waals surface area contributed by atoms with Gasteiger partial charge in [0.05, 0.1) is 0 Å². The maximum absolute atomic E-state index is 3.86. The third-order valence-corrected chi connectivity index (χ3v) is 5.98. The Morgan fingerprint density at radius 3 is 2.45 bits per heavy atom. The van der Waals surface area contributed by atoms with E-state index in [4.69, 9.17) is 0 Å². The van der Waals surface area contributed by atoms with Gasteiger partial charge in [0.15, 0.2) is 0 Å². The van der Waals surface area contributed by atoms with Crippen molar-refractivity contribution in [2.24, 2.45) is 11.3 Å². The molecule has 3 fully saturated rings. The zero-order valence-corrected chi connectivity index (χ0v) is 13.7. The molecule has 2 aliphatic carbocycles. The largest absolute Gasteiger partial charge is 0.313 e. The molecule has 0 bridgehead atoms. The molecule has 116 valence electrons. The highest BCUT2D eigenvalue weighted by molar-refractivity contribution is 4.94. The van der Waals surface area contributed by atoms with E-state index in [1.807, 2.05) is 0 Å². The van der Waals surface area contributed by atoms with Crippen molar-refractivity contribution in [3.05, 3.63) is 0 Å². The van der Waals surface area contributed by atoms with Crippen molar-refractivity contribution in [3.63, 3.8) is 0 Å². The second-order valence-corrected chi connectivity index (χ2v) is 8.14. The fourth-order valence-electron chi connectivity index (χ4n) is 4.57. The zero-order valence-electron chi connectivity index (χ0n) is 13.7. The van der Waals surface area contributed by atoms with Crippen LogP contribution < -0.4 is 5.32 Å². The SMILES string of the molecule is CC(C)C1CCCN1CC1(CNC2CC2)CCCCC1. The van der Waals surface area contributed by atoms with Crippen molar-refractivity contribution >= 4 is 0 Å². The van der Waals surface area contributed by atoms with Gasteiger partial charge in [-0.05, 0) is 56.4 Å². The van der Waals surface area contributed by atoms with E-state index in [-0.39, 0.29) is 0 Å². The van der Waals surface area contributed by atoms with Gasteiger partial charge in [0.2, 0.25) is 0 Å². The maximum Gasteiger partial charge on any atom is 0.0119 e. The topological polar surface area (TPSA) is 15.3 Å². The summed E-state index contributed by atoms with van der Waals surface area (Å²) < 4.78 is 0. The fraction of sp³-hybridized carbons (Fsp3) is 1.00. The summed E-state index contributed by atoms with van der Waals surface area (Å²) in [6.45, 7) is 8.85. The van der Waals surface area contributed by atoms with E-state index in [1.165, 1.54) is 77.4 Å². The summed E-state index contributed by atoms with van der Waals surface area (Å²) in [6.07, 6.45) is 13.0. The second kappa shape index (κ2) is 6.36. The molecule has 1 heterocycles. The highest BCUT2D eigenvalue weighted by atomic mass is 15.2. The van der Waals surface area contributed by atoms with Crippen LogP contribution in [0.5, 0.6) is 0 Å². The van der Waals surface area contributed by atoms with Crippen LogP contribution in [0.4, 0.5) is 0 Å². The van der Waals surface area contributed by atoms with Gasteiger partial charge in [-0.25, -0.2) is 0 Å². The predicted octanol–water partition coefficient (Wildman–Crippen LogP) is 3.81. The van der Waals surface area contributed by atoms with Crippen LogP contribution in [0, 0.1) is 11.3 Å². The molecule has 0 radical (unpaired) electrons. The van der Waals surface area contributed by atoms with Gasteiger partial charge in [-0.3, -0.25) is 4.90 Å². The first-order valence-corrected chi connectivity index (χ1v) is 9.16. The van der Waals surface area contributed by atoms with Crippen LogP contribution in [0.15, 0.2) is 0 Å². The van der Waals surface area contributed by atoms with E-state index in [0.29, 0.717) is 5.41 Å². The van der Waals surface area contributed by atoms with Crippen LogP contribution in [0.1, 0.15) is 71.6 Å². The minimum Gasteiger partial charge on any atom is -0.313 e. The third kappa shape index (κ3) is 3.57. The van der Waals surface area contributed by atoms with Gasteiger partial charge >= 0.3 is 0 Å². The Bertz CT molecular complexity index is 303. The standard InChI is InChI=1S/C18H34N2/c1-15(2)17-7-6-12-20(17)14-18(10-4-3-5-11-18)13-19-16-8-9-16/h15-17,19H,3-14H2,1-2H3. The van der Waals surface area contributed by atoms with Gasteiger partial charge in [-0.15, -0.1) is 0 Å². The molecule has 0 aromatic rings. The third-order valence-electron chi connectivity index (χ3n) is 5.98. The van der Waals surface area contributed by atoms with E-state index >= 15 is 0 Å². The molecule has 20 heavy (non-hydrogen) atoms. The van der Waals surface area contributed by atoms with Crippen molar-refractivity contribution in [2.75, 3.05) is 19.6 Å². The maximum atomic E-state index is 3.86. The minimum atomic E-state index is 0.596. The van der Waals surface area contributed by atoms with Gasteiger partial charge in [0, 0.05) is 25.2 Å². The Kier molecular flexibility index (Phi) is 4.72. The molecule has 0 aromatic carbocycles. The molecule has 1 saturated heterocycles. The summed E-state index contributed by atoms with van der Waals surface area (Å²) in [5.74, 6) is 0.828. The monoisotopic (exact) mass is 278 g/mol. The average molecular weight is 278 g/mol. The lowest BCUT2D eigenvalue weighted by atomic mass is 9.73. The lowest BCUT2D eigenvalue weighted by Crippen LogP contribution is -2.48. The second-order valence-electron chi connectivity index (χ2n) is 8.14. The average Bonchev–Trinajstić information content (AvgIpc) is 3.16. The van der Waals surface area contributed by atoms with E-state index in [0.717, 1.165) is 18.0 Å². The molecule has 1 aliphatic heterocycles. The smallest absolute Gasteiger partial charge is 0.0119 e. The van der Waals surface area contributed by atoms with Gasteiger partial charge in [-0.1, -0.05) is 33.1 Å². The van der Waals surface area contributed by atoms with Gasteiger partial charge in [-0.2, -0.15) is 0 Å². The molecule has 1 atom stereocenters. The van der Waals surface area contributed by atoms with Gasteiger partial charge in [0.1, 0.15) is 0 Å². The van der Waals surface area contributed by atoms with Crippen molar-refractivity contribution in [1.82, 2.24) is 10.2 Å². The molecule has 1 N–H and O–H groups in total. The van der Waals surface area contributed by atoms with Crippen molar-refractivity contribution < 1.29 is 0 Å². The normalized spacial score (nSPS) is 31.1. The van der Waals surface area contributed by atoms with Gasteiger partial charge < -0.3 is 5.32 Å². The molecule has 2 nitrogen and oxygen atoms in total. The summed E-state index contributed by atoms with van der Waals surface area (Å²) in [5, 5.41) is 3.86. The fourth-order valence-corrected chi connectivity index (χ4v) is 4.57. The summed E-state index contributed by atoms with van der Waals surface area (Å²) >= 11 is 0. The summed E-state index contributed by atoms with van der Waals surface area (Å²) in [7, 11) is 0. The number of likely N-dealkylation sites (tertiary alicyclic amines) is 1. The molecule has 3 rings (SSSR count). The van der Waals surface area contributed by atoms with Crippen LogP contribution in [-0.4, -0.2) is 36.6 Å². The van der Waals surface area contributed by atoms with E-state index in [9.17, 15) is 0 Å². The molecule has 0 amide bonds. The predicted molar refractivity (Wildman–Crippen MR) is 86.0 cm³/mol. The molecular formula is C18H34N2.